The van der Waals surface area contributed by atoms with Crippen molar-refractivity contribution >= 4 is 11.8 Å². The summed E-state index contributed by atoms with van der Waals surface area (Å²) < 4.78 is 0. The Balaban J connectivity index is 1.95. The molecular formula is C9H15N5. The molecule has 14 heavy (non-hydrogen) atoms. The van der Waals surface area contributed by atoms with E-state index in [1.54, 1.807) is 6.20 Å². The molecular weight excluding hydrogens is 178 g/mol. The zero-order valence-electron chi connectivity index (χ0n) is 8.03. The van der Waals surface area contributed by atoms with Crippen LogP contribution in [0.5, 0.6) is 0 Å². The Morgan fingerprint density at radius 2 is 2.21 bits per heavy atom. The Bertz CT molecular complexity index is 295. The highest BCUT2D eigenvalue weighted by atomic mass is 15.1. The van der Waals surface area contributed by atoms with Crippen molar-refractivity contribution in [2.45, 2.75) is 18.9 Å². The molecule has 5 nitrogen and oxygen atoms in total. The predicted octanol–water partition coefficient (Wildman–Crippen LogP) is 0.223. The molecule has 76 valence electrons. The van der Waals surface area contributed by atoms with Gasteiger partial charge in [0.15, 0.2) is 0 Å². The van der Waals surface area contributed by atoms with Crippen LogP contribution in [0.3, 0.4) is 0 Å². The van der Waals surface area contributed by atoms with Gasteiger partial charge in [-0.25, -0.2) is 4.98 Å². The topological polar surface area (TPSA) is 75.9 Å². The second-order valence-electron chi connectivity index (χ2n) is 3.47. The first-order valence-electron chi connectivity index (χ1n) is 4.90. The zero-order chi connectivity index (χ0) is 9.80. The lowest BCUT2D eigenvalue weighted by Crippen LogP contribution is -2.35. The summed E-state index contributed by atoms with van der Waals surface area (Å²) in [5.41, 5.74) is 5.49. The van der Waals surface area contributed by atoms with Gasteiger partial charge in [-0.1, -0.05) is 0 Å². The molecule has 4 N–H and O–H groups in total. The largest absolute Gasteiger partial charge is 0.368 e. The summed E-state index contributed by atoms with van der Waals surface area (Å²) in [7, 11) is 0. The van der Waals surface area contributed by atoms with Gasteiger partial charge in [-0.15, -0.1) is 0 Å². The summed E-state index contributed by atoms with van der Waals surface area (Å²) in [6.07, 6.45) is 3.93. The molecule has 1 aromatic heterocycles. The summed E-state index contributed by atoms with van der Waals surface area (Å²) in [4.78, 5) is 7.95. The molecule has 0 saturated carbocycles. The third-order valence-corrected chi connectivity index (χ3v) is 2.37. The highest BCUT2D eigenvalue weighted by Crippen LogP contribution is 2.10. The van der Waals surface area contributed by atoms with Gasteiger partial charge in [0, 0.05) is 12.2 Å². The lowest BCUT2D eigenvalue weighted by atomic mass is 10.1. The van der Waals surface area contributed by atoms with Gasteiger partial charge in [0.1, 0.15) is 5.82 Å². The molecule has 0 unspecified atom stereocenters. The molecule has 0 radical (unpaired) electrons. The van der Waals surface area contributed by atoms with Crippen molar-refractivity contribution in [2.75, 3.05) is 24.1 Å². The number of hydrogen-bond acceptors (Lipinski definition) is 5. The van der Waals surface area contributed by atoms with Gasteiger partial charge in [-0.3, -0.25) is 0 Å². The van der Waals surface area contributed by atoms with Gasteiger partial charge in [-0.2, -0.15) is 4.98 Å². The Hall–Kier alpha value is -1.36. The number of piperidine rings is 1. The number of nitrogens with two attached hydrogens (primary N) is 1. The maximum Gasteiger partial charge on any atom is 0.221 e. The molecule has 0 aliphatic carbocycles. The van der Waals surface area contributed by atoms with Crippen molar-refractivity contribution in [2.24, 2.45) is 0 Å². The third kappa shape index (κ3) is 2.32. The van der Waals surface area contributed by atoms with Crippen molar-refractivity contribution in [3.05, 3.63) is 12.3 Å². The van der Waals surface area contributed by atoms with E-state index in [4.69, 9.17) is 5.73 Å². The van der Waals surface area contributed by atoms with Crippen LogP contribution in [-0.4, -0.2) is 29.1 Å². The summed E-state index contributed by atoms with van der Waals surface area (Å²) in [6, 6.07) is 2.35. The lowest BCUT2D eigenvalue weighted by molar-refractivity contribution is 0.478. The van der Waals surface area contributed by atoms with Crippen molar-refractivity contribution in [3.8, 4) is 0 Å². The Morgan fingerprint density at radius 1 is 1.43 bits per heavy atom. The SMILES string of the molecule is Nc1nccc(NC2CCNCC2)n1. The summed E-state index contributed by atoms with van der Waals surface area (Å²) in [6.45, 7) is 2.14. The molecule has 1 saturated heterocycles. The molecule has 2 rings (SSSR count). The van der Waals surface area contributed by atoms with Crippen LogP contribution in [0.15, 0.2) is 12.3 Å². The minimum atomic E-state index is 0.323. The molecule has 0 amide bonds. The first kappa shape index (κ1) is 9.21. The Morgan fingerprint density at radius 3 is 2.93 bits per heavy atom. The van der Waals surface area contributed by atoms with Crippen molar-refractivity contribution in [3.63, 3.8) is 0 Å². The van der Waals surface area contributed by atoms with Crippen molar-refractivity contribution in [1.82, 2.24) is 15.3 Å². The smallest absolute Gasteiger partial charge is 0.221 e. The van der Waals surface area contributed by atoms with E-state index < -0.39 is 0 Å². The van der Waals surface area contributed by atoms with E-state index in [-0.39, 0.29) is 0 Å². The van der Waals surface area contributed by atoms with Gasteiger partial charge in [0.05, 0.1) is 0 Å². The zero-order valence-corrected chi connectivity index (χ0v) is 8.03. The number of rotatable bonds is 2. The third-order valence-electron chi connectivity index (χ3n) is 2.37. The number of nitrogens with zero attached hydrogens (tertiary/aromatic N) is 2. The molecule has 1 fully saturated rings. The average molecular weight is 193 g/mol. The number of aromatic nitrogens is 2. The Kier molecular flexibility index (Phi) is 2.78. The molecule has 5 heteroatoms. The summed E-state index contributed by atoms with van der Waals surface area (Å²) in [5, 5.41) is 6.66. The first-order chi connectivity index (χ1) is 6.84. The van der Waals surface area contributed by atoms with E-state index in [2.05, 4.69) is 20.6 Å². The predicted molar refractivity (Wildman–Crippen MR) is 56.0 cm³/mol. The van der Waals surface area contributed by atoms with E-state index in [9.17, 15) is 0 Å². The van der Waals surface area contributed by atoms with Gasteiger partial charge >= 0.3 is 0 Å². The van der Waals surface area contributed by atoms with E-state index in [0.717, 1.165) is 31.7 Å². The molecule has 2 heterocycles. The fraction of sp³-hybridized carbons (Fsp3) is 0.556. The summed E-state index contributed by atoms with van der Waals surface area (Å²) >= 11 is 0. The minimum absolute atomic E-state index is 0.323. The van der Waals surface area contributed by atoms with Gasteiger partial charge in [0.25, 0.3) is 0 Å². The highest BCUT2D eigenvalue weighted by molar-refractivity contribution is 5.38. The monoisotopic (exact) mass is 193 g/mol. The lowest BCUT2D eigenvalue weighted by Gasteiger charge is -2.23. The maximum absolute atomic E-state index is 5.49. The normalized spacial score (nSPS) is 18.0. The van der Waals surface area contributed by atoms with Crippen LogP contribution < -0.4 is 16.4 Å². The molecule has 1 aromatic rings. The first-order valence-corrected chi connectivity index (χ1v) is 4.90. The van der Waals surface area contributed by atoms with Crippen LogP contribution in [0.4, 0.5) is 11.8 Å². The van der Waals surface area contributed by atoms with E-state index in [0.29, 0.717) is 12.0 Å². The van der Waals surface area contributed by atoms with Crippen LogP contribution in [-0.2, 0) is 0 Å². The van der Waals surface area contributed by atoms with Gasteiger partial charge < -0.3 is 16.4 Å². The quantitative estimate of drug-likeness (QED) is 0.626. The average Bonchev–Trinajstić information content (AvgIpc) is 2.19. The molecule has 0 bridgehead atoms. The maximum atomic E-state index is 5.49. The second-order valence-corrected chi connectivity index (χ2v) is 3.47. The second kappa shape index (κ2) is 4.23. The molecule has 1 aliphatic rings. The van der Waals surface area contributed by atoms with Crippen molar-refractivity contribution < 1.29 is 0 Å². The van der Waals surface area contributed by atoms with E-state index >= 15 is 0 Å². The molecule has 1 aliphatic heterocycles. The molecule has 0 atom stereocenters. The van der Waals surface area contributed by atoms with E-state index in [1.807, 2.05) is 6.07 Å². The van der Waals surface area contributed by atoms with Crippen LogP contribution >= 0.6 is 0 Å². The Labute approximate surface area is 83.1 Å². The van der Waals surface area contributed by atoms with E-state index in [1.165, 1.54) is 0 Å². The fourth-order valence-corrected chi connectivity index (χ4v) is 1.63. The standard InChI is InChI=1S/C9H15N5/c10-9-12-6-3-8(14-9)13-7-1-4-11-5-2-7/h3,6-7,11H,1-2,4-5H2,(H3,10,12,13,14). The number of nitrogens with one attached hydrogen (secondary N) is 2. The molecule has 0 aromatic carbocycles. The minimum Gasteiger partial charge on any atom is -0.368 e. The van der Waals surface area contributed by atoms with Crippen LogP contribution in [0.25, 0.3) is 0 Å². The van der Waals surface area contributed by atoms with Crippen LogP contribution in [0, 0.1) is 0 Å². The summed E-state index contributed by atoms with van der Waals surface area (Å²) in [5.74, 6) is 1.15. The van der Waals surface area contributed by atoms with Gasteiger partial charge in [-0.05, 0) is 32.0 Å². The molecule has 0 spiro atoms. The van der Waals surface area contributed by atoms with Crippen LogP contribution in [0.2, 0.25) is 0 Å². The van der Waals surface area contributed by atoms with Crippen LogP contribution in [0.1, 0.15) is 12.8 Å². The highest BCUT2D eigenvalue weighted by Gasteiger charge is 2.12. The fourth-order valence-electron chi connectivity index (χ4n) is 1.63. The van der Waals surface area contributed by atoms with Gasteiger partial charge in [0.2, 0.25) is 5.95 Å². The van der Waals surface area contributed by atoms with Crippen molar-refractivity contribution in [1.29, 1.82) is 0 Å². The number of anilines is 2. The number of hydrogen-bond donors (Lipinski definition) is 3. The number of nitrogen functional groups attached to an aromatic ring is 1.